The first-order valence-corrected chi connectivity index (χ1v) is 7.21. The van der Waals surface area contributed by atoms with E-state index >= 15 is 0 Å². The van der Waals surface area contributed by atoms with E-state index < -0.39 is 0 Å². The molecule has 0 aliphatic carbocycles. The average Bonchev–Trinajstić information content (AvgIpc) is 2.66. The number of nitrogens with one attached hydrogen (secondary N) is 1. The molecule has 0 saturated carbocycles. The van der Waals surface area contributed by atoms with Gasteiger partial charge in [-0.2, -0.15) is 11.8 Å². The Hall–Kier alpha value is -1.54. The maximum atomic E-state index is 11.9. The van der Waals surface area contributed by atoms with Crippen molar-refractivity contribution in [2.45, 2.75) is 19.3 Å². The topological polar surface area (TPSA) is 89.8 Å². The Balaban J connectivity index is 2.16. The van der Waals surface area contributed by atoms with Gasteiger partial charge in [0.1, 0.15) is 0 Å². The van der Waals surface area contributed by atoms with Crippen molar-refractivity contribution in [2.75, 3.05) is 17.2 Å². The molecule has 1 fully saturated rings. The molecule has 0 radical (unpaired) electrons. The summed E-state index contributed by atoms with van der Waals surface area (Å²) in [6, 6.07) is 0. The number of imidazole rings is 1. The average molecular weight is 282 g/mol. The van der Waals surface area contributed by atoms with Crippen LogP contribution in [0.2, 0.25) is 0 Å². The lowest BCUT2D eigenvalue weighted by molar-refractivity contribution is -0.739. The third-order valence-corrected chi connectivity index (χ3v) is 4.33. The third kappa shape index (κ3) is 2.10. The molecule has 1 aliphatic rings. The van der Waals surface area contributed by atoms with Crippen LogP contribution >= 0.6 is 11.8 Å². The second kappa shape index (κ2) is 4.53. The molecule has 1 saturated heterocycles. The fraction of sp³-hybridized carbons (Fsp3) is 0.545. The van der Waals surface area contributed by atoms with Crippen molar-refractivity contribution in [1.29, 1.82) is 0 Å². The van der Waals surface area contributed by atoms with Crippen molar-refractivity contribution < 1.29 is 9.30 Å². The highest BCUT2D eigenvalue weighted by molar-refractivity contribution is 7.99. The summed E-state index contributed by atoms with van der Waals surface area (Å²) in [6.07, 6.45) is 1.90. The maximum Gasteiger partial charge on any atom is 0.313 e. The minimum atomic E-state index is -0.236. The molecule has 0 aromatic carbocycles. The second-order valence-electron chi connectivity index (χ2n) is 4.70. The number of hydrogen-bond acceptors (Lipinski definition) is 5. The number of fused-ring (bicyclic) bond motifs is 1. The van der Waals surface area contributed by atoms with Gasteiger partial charge in [-0.15, -0.1) is 0 Å². The molecule has 3 heterocycles. The van der Waals surface area contributed by atoms with Gasteiger partial charge in [-0.25, -0.2) is 4.57 Å². The highest BCUT2D eigenvalue weighted by Gasteiger charge is 2.29. The zero-order valence-electron chi connectivity index (χ0n) is 10.8. The van der Waals surface area contributed by atoms with E-state index in [1.165, 1.54) is 0 Å². The molecule has 3 rings (SSSR count). The monoisotopic (exact) mass is 282 g/mol. The van der Waals surface area contributed by atoms with Crippen molar-refractivity contribution in [2.24, 2.45) is 7.05 Å². The SMILES string of the molecule is C[C@@H]1CSC[C@H]([n+]2cn(C)c3c(=O)[nH]c(N)nc32)O1. The van der Waals surface area contributed by atoms with E-state index in [9.17, 15) is 4.79 Å². The van der Waals surface area contributed by atoms with Crippen LogP contribution in [0.4, 0.5) is 5.95 Å². The number of nitrogens with two attached hydrogens (primary N) is 1. The van der Waals surface area contributed by atoms with E-state index in [1.807, 2.05) is 36.6 Å². The molecule has 3 N–H and O–H groups in total. The molecule has 7 nitrogen and oxygen atoms in total. The molecule has 0 unspecified atom stereocenters. The molecule has 8 heteroatoms. The van der Waals surface area contributed by atoms with E-state index in [1.54, 1.807) is 4.57 Å². The number of nitrogen functional groups attached to an aromatic ring is 1. The number of ether oxygens (including phenoxy) is 1. The van der Waals surface area contributed by atoms with Gasteiger partial charge in [-0.05, 0) is 6.92 Å². The van der Waals surface area contributed by atoms with E-state index in [0.29, 0.717) is 11.2 Å². The predicted octanol–water partition coefficient (Wildman–Crippen LogP) is -0.218. The van der Waals surface area contributed by atoms with Gasteiger partial charge in [0.25, 0.3) is 11.5 Å². The van der Waals surface area contributed by atoms with Crippen LogP contribution < -0.4 is 15.9 Å². The van der Waals surface area contributed by atoms with Crippen molar-refractivity contribution in [3.05, 3.63) is 16.7 Å². The van der Waals surface area contributed by atoms with E-state index in [4.69, 9.17) is 10.5 Å². The van der Waals surface area contributed by atoms with Gasteiger partial charge in [-0.3, -0.25) is 14.3 Å². The number of aromatic amines is 1. The fourth-order valence-corrected chi connectivity index (χ4v) is 3.29. The second-order valence-corrected chi connectivity index (χ2v) is 5.77. The van der Waals surface area contributed by atoms with E-state index in [2.05, 4.69) is 9.97 Å². The summed E-state index contributed by atoms with van der Waals surface area (Å²) in [6.45, 7) is 2.04. The molecule has 2 aromatic heterocycles. The van der Waals surface area contributed by atoms with Gasteiger partial charge in [0.2, 0.25) is 5.52 Å². The Bertz CT molecular complexity index is 680. The van der Waals surface area contributed by atoms with Gasteiger partial charge in [0.05, 0.1) is 18.9 Å². The summed E-state index contributed by atoms with van der Waals surface area (Å²) in [4.78, 5) is 18.7. The summed E-state index contributed by atoms with van der Waals surface area (Å²) < 4.78 is 9.53. The summed E-state index contributed by atoms with van der Waals surface area (Å²) in [5.74, 6) is 1.94. The van der Waals surface area contributed by atoms with Gasteiger partial charge in [0.15, 0.2) is 12.6 Å². The van der Waals surface area contributed by atoms with Crippen molar-refractivity contribution in [3.8, 4) is 0 Å². The molecular formula is C11H16N5O2S+. The highest BCUT2D eigenvalue weighted by Crippen LogP contribution is 2.22. The zero-order valence-corrected chi connectivity index (χ0v) is 11.6. The molecule has 0 bridgehead atoms. The Labute approximate surface area is 113 Å². The smallest absolute Gasteiger partial charge is 0.313 e. The molecule has 2 atom stereocenters. The maximum absolute atomic E-state index is 11.9. The van der Waals surface area contributed by atoms with Crippen molar-refractivity contribution >= 4 is 28.9 Å². The first-order chi connectivity index (χ1) is 9.06. The zero-order chi connectivity index (χ0) is 13.6. The van der Waals surface area contributed by atoms with Crippen LogP contribution in [0.3, 0.4) is 0 Å². The number of aryl methyl sites for hydroxylation is 1. The fourth-order valence-electron chi connectivity index (χ4n) is 2.31. The Morgan fingerprint density at radius 1 is 1.63 bits per heavy atom. The largest absolute Gasteiger partial charge is 0.355 e. The predicted molar refractivity (Wildman–Crippen MR) is 72.9 cm³/mol. The van der Waals surface area contributed by atoms with E-state index in [-0.39, 0.29) is 23.8 Å². The summed E-state index contributed by atoms with van der Waals surface area (Å²) >= 11 is 1.83. The summed E-state index contributed by atoms with van der Waals surface area (Å²) in [5, 5.41) is 0. The minimum absolute atomic E-state index is 0.119. The molecule has 0 spiro atoms. The Kier molecular flexibility index (Phi) is 2.98. The Morgan fingerprint density at radius 2 is 2.42 bits per heavy atom. The van der Waals surface area contributed by atoms with Crippen LogP contribution in [0.25, 0.3) is 11.2 Å². The first kappa shape index (κ1) is 12.5. The van der Waals surface area contributed by atoms with Gasteiger partial charge >= 0.3 is 5.65 Å². The van der Waals surface area contributed by atoms with Gasteiger partial charge in [-0.1, -0.05) is 4.98 Å². The highest BCUT2D eigenvalue weighted by atomic mass is 32.2. The van der Waals surface area contributed by atoms with Crippen LogP contribution in [0, 0.1) is 0 Å². The molecule has 2 aromatic rings. The van der Waals surface area contributed by atoms with Crippen LogP contribution in [0.15, 0.2) is 11.1 Å². The van der Waals surface area contributed by atoms with Crippen LogP contribution in [0.5, 0.6) is 0 Å². The number of rotatable bonds is 1. The summed E-state index contributed by atoms with van der Waals surface area (Å²) in [7, 11) is 1.81. The Morgan fingerprint density at radius 3 is 3.16 bits per heavy atom. The lowest BCUT2D eigenvalue weighted by atomic mass is 10.4. The normalized spacial score (nSPS) is 23.9. The van der Waals surface area contributed by atoms with Crippen molar-refractivity contribution in [1.82, 2.24) is 14.5 Å². The molecule has 102 valence electrons. The molecule has 19 heavy (non-hydrogen) atoms. The van der Waals surface area contributed by atoms with Crippen molar-refractivity contribution in [3.63, 3.8) is 0 Å². The standard InChI is InChI=1S/C11H15N5O2S/c1-6-3-19-4-7(18-6)16-5-15(2)8-9(16)13-11(12)14-10(8)17/h5-7H,3-4H2,1-2H3,(H2-,12,13,14,17)/p+1/t6-,7-/m1/s1. The van der Waals surface area contributed by atoms with E-state index in [0.717, 1.165) is 11.5 Å². The molecule has 0 amide bonds. The lowest BCUT2D eigenvalue weighted by Gasteiger charge is -2.25. The number of nitrogens with zero attached hydrogens (tertiary/aromatic N) is 3. The summed E-state index contributed by atoms with van der Waals surface area (Å²) in [5.41, 5.74) is 6.45. The number of thioether (sulfide) groups is 1. The number of hydrogen-bond donors (Lipinski definition) is 2. The first-order valence-electron chi connectivity index (χ1n) is 6.05. The quantitative estimate of drug-likeness (QED) is 0.706. The number of anilines is 1. The molecular weight excluding hydrogens is 266 g/mol. The minimum Gasteiger partial charge on any atom is -0.355 e. The van der Waals surface area contributed by atoms with Crippen LogP contribution in [0.1, 0.15) is 13.2 Å². The van der Waals surface area contributed by atoms with Crippen LogP contribution in [-0.4, -0.2) is 32.1 Å². The lowest BCUT2D eigenvalue weighted by Crippen LogP contribution is -2.46. The third-order valence-electron chi connectivity index (χ3n) is 3.10. The number of aromatic nitrogens is 4. The van der Waals surface area contributed by atoms with Gasteiger partial charge in [0, 0.05) is 5.75 Å². The van der Waals surface area contributed by atoms with Crippen LogP contribution in [-0.2, 0) is 11.8 Å². The molecule has 1 aliphatic heterocycles. The number of H-pyrrole nitrogens is 1. The van der Waals surface area contributed by atoms with Gasteiger partial charge < -0.3 is 10.5 Å².